The van der Waals surface area contributed by atoms with E-state index in [0.29, 0.717) is 9.54 Å². The molecular formula is C9H9BrFNO4S. The third kappa shape index (κ3) is 3.40. The second-order valence-electron chi connectivity index (χ2n) is 2.97. The van der Waals surface area contributed by atoms with Crippen LogP contribution in [0, 0.1) is 0 Å². The monoisotopic (exact) mass is 325 g/mol. The van der Waals surface area contributed by atoms with E-state index in [-0.39, 0.29) is 4.88 Å². The Morgan fingerprint density at radius 2 is 2.35 bits per heavy atom. The molecule has 0 aliphatic rings. The topological polar surface area (TPSA) is 75.6 Å². The third-order valence-electron chi connectivity index (χ3n) is 1.86. The summed E-state index contributed by atoms with van der Waals surface area (Å²) in [6, 6.07) is -0.0873. The molecule has 0 spiro atoms. The van der Waals surface area contributed by atoms with Gasteiger partial charge in [-0.3, -0.25) is 4.79 Å². The average Bonchev–Trinajstić information content (AvgIpc) is 2.66. The van der Waals surface area contributed by atoms with Gasteiger partial charge in [-0.1, -0.05) is 0 Å². The second-order valence-corrected chi connectivity index (χ2v) is 5.34. The Morgan fingerprint density at radius 1 is 1.71 bits per heavy atom. The van der Waals surface area contributed by atoms with Gasteiger partial charge in [-0.2, -0.15) is 0 Å². The Bertz CT molecular complexity index is 437. The summed E-state index contributed by atoms with van der Waals surface area (Å²) in [4.78, 5) is 22.4. The van der Waals surface area contributed by atoms with Gasteiger partial charge in [0, 0.05) is 6.07 Å². The first-order valence-electron chi connectivity index (χ1n) is 4.42. The van der Waals surface area contributed by atoms with Gasteiger partial charge < -0.3 is 15.2 Å². The first kappa shape index (κ1) is 13.9. The second kappa shape index (κ2) is 5.97. The van der Waals surface area contributed by atoms with Crippen molar-refractivity contribution in [1.82, 2.24) is 5.32 Å². The van der Waals surface area contributed by atoms with Crippen molar-refractivity contribution in [3.63, 3.8) is 0 Å². The number of carboxylic acids is 1. The summed E-state index contributed by atoms with van der Waals surface area (Å²) < 4.78 is 17.9. The first-order chi connectivity index (χ1) is 7.99. The van der Waals surface area contributed by atoms with Crippen molar-refractivity contribution in [1.29, 1.82) is 0 Å². The van der Waals surface area contributed by atoms with Gasteiger partial charge in [0.15, 0.2) is 6.04 Å². The zero-order valence-electron chi connectivity index (χ0n) is 8.70. The van der Waals surface area contributed by atoms with Gasteiger partial charge in [0.2, 0.25) is 0 Å². The molecule has 17 heavy (non-hydrogen) atoms. The van der Waals surface area contributed by atoms with Gasteiger partial charge in [-0.15, -0.1) is 11.3 Å². The van der Waals surface area contributed by atoms with Crippen molar-refractivity contribution in [3.8, 4) is 5.75 Å². The van der Waals surface area contributed by atoms with Crippen molar-refractivity contribution in [2.24, 2.45) is 0 Å². The molecule has 0 bridgehead atoms. The lowest BCUT2D eigenvalue weighted by atomic mass is 10.3. The number of ether oxygens (including phenoxy) is 1. The maximum absolute atomic E-state index is 12.3. The molecule has 0 aliphatic heterocycles. The van der Waals surface area contributed by atoms with Crippen LogP contribution in [0.4, 0.5) is 4.39 Å². The highest BCUT2D eigenvalue weighted by molar-refractivity contribution is 9.11. The number of alkyl halides is 1. The molecule has 0 aliphatic carbocycles. The van der Waals surface area contributed by atoms with Crippen LogP contribution in [-0.2, 0) is 4.79 Å². The Labute approximate surface area is 109 Å². The number of rotatable bonds is 5. The van der Waals surface area contributed by atoms with Crippen LogP contribution >= 0.6 is 27.3 Å². The fourth-order valence-corrected chi connectivity index (χ4v) is 2.55. The molecule has 5 nitrogen and oxygen atoms in total. The smallest absolute Gasteiger partial charge is 0.328 e. The van der Waals surface area contributed by atoms with E-state index in [4.69, 9.17) is 9.84 Å². The van der Waals surface area contributed by atoms with Gasteiger partial charge in [0.05, 0.1) is 12.0 Å². The summed E-state index contributed by atoms with van der Waals surface area (Å²) in [6.07, 6.45) is 0. The van der Waals surface area contributed by atoms with E-state index in [1.54, 1.807) is 0 Å². The van der Waals surface area contributed by atoms with Crippen LogP contribution in [0.3, 0.4) is 0 Å². The maximum Gasteiger partial charge on any atom is 0.328 e. The van der Waals surface area contributed by atoms with Crippen molar-refractivity contribution >= 4 is 39.1 Å². The van der Waals surface area contributed by atoms with Crippen molar-refractivity contribution < 1.29 is 23.8 Å². The molecule has 2 N–H and O–H groups in total. The van der Waals surface area contributed by atoms with Crippen LogP contribution in [0.1, 0.15) is 9.67 Å². The van der Waals surface area contributed by atoms with Crippen molar-refractivity contribution in [3.05, 3.63) is 14.7 Å². The van der Waals surface area contributed by atoms with E-state index in [9.17, 15) is 14.0 Å². The van der Waals surface area contributed by atoms with E-state index in [1.807, 2.05) is 0 Å². The minimum atomic E-state index is -1.53. The van der Waals surface area contributed by atoms with Gasteiger partial charge in [0.25, 0.3) is 5.91 Å². The predicted octanol–water partition coefficient (Wildman–Crippen LogP) is 1.67. The molecule has 8 heteroatoms. The van der Waals surface area contributed by atoms with Crippen molar-refractivity contribution in [2.45, 2.75) is 6.04 Å². The Kier molecular flexibility index (Phi) is 4.88. The summed E-state index contributed by atoms with van der Waals surface area (Å²) in [5.41, 5.74) is 0. The standard InChI is InChI=1S/C9H9BrFNO4S/c1-16-5-2-6(17-7(5)10)8(13)12-4(3-11)9(14)15/h2,4H,3H2,1H3,(H,12,13)(H,14,15). The number of carbonyl (C=O) groups excluding carboxylic acids is 1. The molecule has 1 aromatic rings. The molecule has 0 radical (unpaired) electrons. The number of thiophene rings is 1. The highest BCUT2D eigenvalue weighted by atomic mass is 79.9. The molecule has 1 amide bonds. The molecule has 1 rings (SSSR count). The van der Waals surface area contributed by atoms with Gasteiger partial charge >= 0.3 is 5.97 Å². The highest BCUT2D eigenvalue weighted by Gasteiger charge is 2.22. The lowest BCUT2D eigenvalue weighted by molar-refractivity contribution is -0.139. The Hall–Kier alpha value is -1.15. The zero-order chi connectivity index (χ0) is 13.0. The molecule has 0 fully saturated rings. The predicted molar refractivity (Wildman–Crippen MR) is 63.4 cm³/mol. The van der Waals surface area contributed by atoms with Crippen LogP contribution in [-0.4, -0.2) is 36.8 Å². The largest absolute Gasteiger partial charge is 0.495 e. The molecular weight excluding hydrogens is 317 g/mol. The van der Waals surface area contributed by atoms with E-state index < -0.39 is 24.6 Å². The highest BCUT2D eigenvalue weighted by Crippen LogP contribution is 2.34. The molecule has 0 saturated heterocycles. The van der Waals surface area contributed by atoms with E-state index in [2.05, 4.69) is 21.2 Å². The number of methoxy groups -OCH3 is 1. The maximum atomic E-state index is 12.3. The Balaban J connectivity index is 2.78. The fourth-order valence-electron chi connectivity index (χ4n) is 0.999. The van der Waals surface area contributed by atoms with Gasteiger partial charge in [-0.05, 0) is 15.9 Å². The quantitative estimate of drug-likeness (QED) is 0.863. The number of amides is 1. The van der Waals surface area contributed by atoms with Crippen molar-refractivity contribution in [2.75, 3.05) is 13.8 Å². The first-order valence-corrected chi connectivity index (χ1v) is 6.03. The number of halogens is 2. The zero-order valence-corrected chi connectivity index (χ0v) is 11.1. The van der Waals surface area contributed by atoms with Crippen LogP contribution < -0.4 is 10.1 Å². The molecule has 1 unspecified atom stereocenters. The number of carboxylic acid groups (broad SMARTS) is 1. The number of nitrogens with one attached hydrogen (secondary N) is 1. The lowest BCUT2D eigenvalue weighted by Gasteiger charge is -2.08. The Morgan fingerprint density at radius 3 is 2.76 bits per heavy atom. The number of aliphatic carboxylic acids is 1. The van der Waals surface area contributed by atoms with E-state index in [0.717, 1.165) is 11.3 Å². The fraction of sp³-hybridized carbons (Fsp3) is 0.333. The normalized spacial score (nSPS) is 11.9. The molecule has 1 heterocycles. The number of hydrogen-bond acceptors (Lipinski definition) is 4. The minimum Gasteiger partial charge on any atom is -0.495 e. The minimum absolute atomic E-state index is 0.244. The van der Waals surface area contributed by atoms with E-state index in [1.165, 1.54) is 13.2 Å². The SMILES string of the molecule is COc1cc(C(=O)NC(CF)C(=O)O)sc1Br. The van der Waals surface area contributed by atoms with Crippen LogP contribution in [0.15, 0.2) is 9.85 Å². The molecule has 0 saturated carbocycles. The van der Waals surface area contributed by atoms with Crippen LogP contribution in [0.2, 0.25) is 0 Å². The molecule has 0 aromatic carbocycles. The van der Waals surface area contributed by atoms with Crippen LogP contribution in [0.5, 0.6) is 5.75 Å². The van der Waals surface area contributed by atoms with Gasteiger partial charge in [-0.25, -0.2) is 9.18 Å². The van der Waals surface area contributed by atoms with Gasteiger partial charge in [0.1, 0.15) is 16.2 Å². The number of carbonyl (C=O) groups is 2. The lowest BCUT2D eigenvalue weighted by Crippen LogP contribution is -2.42. The summed E-state index contributed by atoms with van der Waals surface area (Å²) in [6.45, 7) is -1.16. The molecule has 94 valence electrons. The van der Waals surface area contributed by atoms with E-state index >= 15 is 0 Å². The average molecular weight is 326 g/mol. The summed E-state index contributed by atoms with van der Waals surface area (Å²) in [5.74, 6) is -1.60. The van der Waals surface area contributed by atoms with Crippen LogP contribution in [0.25, 0.3) is 0 Å². The number of hydrogen-bond donors (Lipinski definition) is 2. The summed E-state index contributed by atoms with van der Waals surface area (Å²) in [7, 11) is 1.44. The third-order valence-corrected chi connectivity index (χ3v) is 3.64. The molecule has 1 atom stereocenters. The molecule has 1 aromatic heterocycles. The summed E-state index contributed by atoms with van der Waals surface area (Å²) >= 11 is 4.26. The summed E-state index contributed by atoms with van der Waals surface area (Å²) in [5, 5.41) is 10.7.